The van der Waals surface area contributed by atoms with Crippen LogP contribution in [0.15, 0.2) is 60.7 Å². The van der Waals surface area contributed by atoms with Crippen molar-refractivity contribution in [3.05, 3.63) is 71.8 Å². The lowest BCUT2D eigenvalue weighted by Crippen LogP contribution is -2.58. The van der Waals surface area contributed by atoms with Gasteiger partial charge in [-0.1, -0.05) is 60.7 Å². The molecule has 0 saturated heterocycles. The first-order valence-corrected chi connectivity index (χ1v) is 10.5. The highest BCUT2D eigenvalue weighted by Crippen LogP contribution is 2.62. The van der Waals surface area contributed by atoms with Crippen molar-refractivity contribution in [3.8, 4) is 0 Å². The first-order valence-electron chi connectivity index (χ1n) is 10.5. The van der Waals surface area contributed by atoms with Crippen LogP contribution in [0.4, 0.5) is 0 Å². The van der Waals surface area contributed by atoms with Gasteiger partial charge in [-0.15, -0.1) is 0 Å². The van der Waals surface area contributed by atoms with Crippen molar-refractivity contribution in [2.45, 2.75) is 50.2 Å². The lowest BCUT2D eigenvalue weighted by atomic mass is 9.48. The number of ether oxygens (including phenoxy) is 1. The van der Waals surface area contributed by atoms with Gasteiger partial charge in [0.15, 0.2) is 6.10 Å². The molecule has 4 fully saturated rings. The zero-order valence-corrected chi connectivity index (χ0v) is 16.4. The molecule has 150 valence electrons. The van der Waals surface area contributed by atoms with Gasteiger partial charge >= 0.3 is 5.97 Å². The summed E-state index contributed by atoms with van der Waals surface area (Å²) in [4.78, 5) is 26.7. The van der Waals surface area contributed by atoms with E-state index in [-0.39, 0.29) is 11.8 Å². The number of Topliss-reactive ketones (excluding diaryl/α,β-unsaturated/α-hetero) is 1. The van der Waals surface area contributed by atoms with Crippen LogP contribution in [0.5, 0.6) is 0 Å². The van der Waals surface area contributed by atoms with Crippen LogP contribution in [0.25, 0.3) is 0 Å². The molecule has 4 aliphatic rings. The minimum absolute atomic E-state index is 0.214. The highest BCUT2D eigenvalue weighted by atomic mass is 16.5. The Hall–Kier alpha value is -2.46. The number of aliphatic hydroxyl groups is 1. The molecule has 0 spiro atoms. The standard InChI is InChI=1S/C25H26O4/c26-21(19-7-3-1-4-8-19)22(20-9-5-2-6-10-20)29-23(27)24-12-17-11-18(13-24)15-25(28,14-17)16-24/h1-10,17-18,22,28H,11-16H2/t17-,18+,22-,24?,25?/m1/s1. The molecule has 5 atom stereocenters. The number of ketones is 1. The molecule has 0 heterocycles. The van der Waals surface area contributed by atoms with Crippen molar-refractivity contribution >= 4 is 11.8 Å². The van der Waals surface area contributed by atoms with Gasteiger partial charge in [0.1, 0.15) is 0 Å². The van der Waals surface area contributed by atoms with Crippen LogP contribution in [0, 0.1) is 17.3 Å². The normalized spacial score (nSPS) is 33.3. The molecule has 4 bridgehead atoms. The maximum atomic E-state index is 13.5. The van der Waals surface area contributed by atoms with Crippen LogP contribution in [0.1, 0.15) is 60.6 Å². The van der Waals surface area contributed by atoms with E-state index in [1.54, 1.807) is 12.1 Å². The van der Waals surface area contributed by atoms with Crippen molar-refractivity contribution in [2.24, 2.45) is 17.3 Å². The summed E-state index contributed by atoms with van der Waals surface area (Å²) in [6.07, 6.45) is 3.73. The Balaban J connectivity index is 1.45. The fraction of sp³-hybridized carbons (Fsp3) is 0.440. The van der Waals surface area contributed by atoms with E-state index >= 15 is 0 Å². The van der Waals surface area contributed by atoms with Crippen LogP contribution >= 0.6 is 0 Å². The van der Waals surface area contributed by atoms with Gasteiger partial charge in [0, 0.05) is 11.1 Å². The minimum Gasteiger partial charge on any atom is -0.449 e. The summed E-state index contributed by atoms with van der Waals surface area (Å²) in [6.45, 7) is 0. The molecule has 6 rings (SSSR count). The highest BCUT2D eigenvalue weighted by Gasteiger charge is 2.61. The third kappa shape index (κ3) is 3.29. The van der Waals surface area contributed by atoms with Gasteiger partial charge < -0.3 is 9.84 Å². The fourth-order valence-corrected chi connectivity index (χ4v) is 6.34. The predicted octanol–water partition coefficient (Wildman–Crippen LogP) is 4.49. The Bertz CT molecular complexity index is 906. The first-order chi connectivity index (χ1) is 14.0. The second-order valence-corrected chi connectivity index (χ2v) is 9.39. The molecule has 2 unspecified atom stereocenters. The van der Waals surface area contributed by atoms with Gasteiger partial charge in [-0.3, -0.25) is 9.59 Å². The van der Waals surface area contributed by atoms with Gasteiger partial charge in [0.2, 0.25) is 5.78 Å². The fourth-order valence-electron chi connectivity index (χ4n) is 6.34. The third-order valence-electron chi connectivity index (χ3n) is 7.09. The van der Waals surface area contributed by atoms with Gasteiger partial charge in [-0.2, -0.15) is 0 Å². The Labute approximate surface area is 170 Å². The quantitative estimate of drug-likeness (QED) is 0.604. The average Bonchev–Trinajstić information content (AvgIpc) is 2.71. The number of carbonyl (C=O) groups excluding carboxylic acids is 2. The summed E-state index contributed by atoms with van der Waals surface area (Å²) < 4.78 is 5.98. The summed E-state index contributed by atoms with van der Waals surface area (Å²) in [5.41, 5.74) is -0.186. The molecule has 0 aliphatic heterocycles. The Morgan fingerprint density at radius 2 is 1.48 bits per heavy atom. The SMILES string of the molecule is O=C(c1ccccc1)[C@H](OC(=O)C12C[C@@H]3C[C@@H](CC(O)(C3)C1)C2)c1ccccc1. The van der Waals surface area contributed by atoms with Gasteiger partial charge in [-0.25, -0.2) is 0 Å². The Morgan fingerprint density at radius 3 is 2.07 bits per heavy atom. The molecular weight excluding hydrogens is 364 g/mol. The van der Waals surface area contributed by atoms with E-state index in [9.17, 15) is 14.7 Å². The molecule has 4 nitrogen and oxygen atoms in total. The zero-order valence-electron chi connectivity index (χ0n) is 16.4. The summed E-state index contributed by atoms with van der Waals surface area (Å²) in [5.74, 6) is 0.236. The second-order valence-electron chi connectivity index (χ2n) is 9.39. The number of hydrogen-bond acceptors (Lipinski definition) is 4. The van der Waals surface area contributed by atoms with E-state index in [1.165, 1.54) is 0 Å². The van der Waals surface area contributed by atoms with E-state index in [4.69, 9.17) is 4.74 Å². The molecule has 4 aliphatic carbocycles. The molecular formula is C25H26O4. The summed E-state index contributed by atoms with van der Waals surface area (Å²) in [6, 6.07) is 18.2. The number of hydrogen-bond donors (Lipinski definition) is 1. The molecule has 29 heavy (non-hydrogen) atoms. The molecule has 0 aromatic heterocycles. The van der Waals surface area contributed by atoms with Crippen LogP contribution in [-0.2, 0) is 9.53 Å². The summed E-state index contributed by atoms with van der Waals surface area (Å²) >= 11 is 0. The Kier molecular flexibility index (Phi) is 4.36. The molecule has 2 aromatic carbocycles. The molecule has 1 N–H and O–H groups in total. The Morgan fingerprint density at radius 1 is 0.897 bits per heavy atom. The number of benzene rings is 2. The largest absolute Gasteiger partial charge is 0.449 e. The number of rotatable bonds is 5. The van der Waals surface area contributed by atoms with Crippen molar-refractivity contribution < 1.29 is 19.4 Å². The first kappa shape index (κ1) is 18.6. The van der Waals surface area contributed by atoms with Crippen molar-refractivity contribution in [2.75, 3.05) is 0 Å². The molecule has 2 aromatic rings. The van der Waals surface area contributed by atoms with Crippen LogP contribution in [0.3, 0.4) is 0 Å². The van der Waals surface area contributed by atoms with Crippen molar-refractivity contribution in [1.29, 1.82) is 0 Å². The van der Waals surface area contributed by atoms with Crippen molar-refractivity contribution in [1.82, 2.24) is 0 Å². The minimum atomic E-state index is -0.964. The smallest absolute Gasteiger partial charge is 0.313 e. The number of carbonyl (C=O) groups is 2. The maximum Gasteiger partial charge on any atom is 0.313 e. The lowest BCUT2D eigenvalue weighted by Gasteiger charge is -2.58. The van der Waals surface area contributed by atoms with E-state index in [0.29, 0.717) is 29.4 Å². The van der Waals surface area contributed by atoms with E-state index < -0.39 is 17.1 Å². The van der Waals surface area contributed by atoms with E-state index in [0.717, 1.165) is 32.1 Å². The summed E-state index contributed by atoms with van der Waals surface area (Å²) in [7, 11) is 0. The van der Waals surface area contributed by atoms with E-state index in [2.05, 4.69) is 0 Å². The molecule has 0 amide bonds. The van der Waals surface area contributed by atoms with Crippen molar-refractivity contribution in [3.63, 3.8) is 0 Å². The second kappa shape index (κ2) is 6.81. The monoisotopic (exact) mass is 390 g/mol. The van der Waals surface area contributed by atoms with Crippen LogP contribution in [-0.4, -0.2) is 22.5 Å². The molecule has 0 radical (unpaired) electrons. The highest BCUT2D eigenvalue weighted by molar-refractivity contribution is 6.01. The maximum absolute atomic E-state index is 13.5. The lowest BCUT2D eigenvalue weighted by molar-refractivity contribution is -0.198. The summed E-state index contributed by atoms with van der Waals surface area (Å²) in [5, 5.41) is 11.0. The van der Waals surface area contributed by atoms with Crippen LogP contribution in [0.2, 0.25) is 0 Å². The average molecular weight is 390 g/mol. The van der Waals surface area contributed by atoms with E-state index in [1.807, 2.05) is 48.5 Å². The third-order valence-corrected chi connectivity index (χ3v) is 7.09. The zero-order chi connectivity index (χ0) is 20.1. The van der Waals surface area contributed by atoms with Gasteiger partial charge in [0.25, 0.3) is 0 Å². The number of esters is 1. The van der Waals surface area contributed by atoms with Crippen LogP contribution < -0.4 is 0 Å². The van der Waals surface area contributed by atoms with Gasteiger partial charge in [0.05, 0.1) is 11.0 Å². The van der Waals surface area contributed by atoms with Gasteiger partial charge in [-0.05, 0) is 50.4 Å². The molecule has 4 saturated carbocycles. The predicted molar refractivity (Wildman–Crippen MR) is 108 cm³/mol. The topological polar surface area (TPSA) is 63.6 Å². The molecule has 4 heteroatoms.